The molecule has 0 unspecified atom stereocenters. The van der Waals surface area contributed by atoms with Gasteiger partial charge in [-0.15, -0.1) is 0 Å². The lowest BCUT2D eigenvalue weighted by atomic mass is 10.0. The highest BCUT2D eigenvalue weighted by atomic mass is 35.5. The highest BCUT2D eigenvalue weighted by Crippen LogP contribution is 2.11. The number of nitrogens with zero attached hydrogens (tertiary/aromatic N) is 2. The molecule has 2 aromatic heterocycles. The monoisotopic (exact) mass is 176 g/mol. The van der Waals surface area contributed by atoms with Crippen LogP contribution in [-0.2, 0) is 6.32 Å². The van der Waals surface area contributed by atoms with Gasteiger partial charge in [0.2, 0.25) is 0 Å². The van der Waals surface area contributed by atoms with Gasteiger partial charge in [0, 0.05) is 12.4 Å². The van der Waals surface area contributed by atoms with E-state index in [1.54, 1.807) is 0 Å². The van der Waals surface area contributed by atoms with Crippen molar-refractivity contribution in [2.45, 2.75) is 6.32 Å². The van der Waals surface area contributed by atoms with Crippen molar-refractivity contribution in [3.63, 3.8) is 0 Å². The summed E-state index contributed by atoms with van der Waals surface area (Å²) in [7, 11) is 5.44. The zero-order valence-corrected chi connectivity index (χ0v) is 7.12. The highest BCUT2D eigenvalue weighted by Gasteiger charge is 1.98. The molecule has 58 valence electrons. The maximum absolute atomic E-state index is 5.79. The minimum Gasteiger partial charge on any atom is -0.305 e. The number of hydrogen-bond donors (Lipinski definition) is 0. The van der Waals surface area contributed by atoms with Gasteiger partial charge in [0.1, 0.15) is 5.65 Å². The van der Waals surface area contributed by atoms with Crippen LogP contribution in [0.2, 0.25) is 5.02 Å². The van der Waals surface area contributed by atoms with Crippen molar-refractivity contribution >= 4 is 25.1 Å². The molecule has 0 aliphatic carbocycles. The first-order valence-corrected chi connectivity index (χ1v) is 4.00. The third-order valence-electron chi connectivity index (χ3n) is 1.67. The molecular formula is C8H6BClN2. The molecule has 4 heteroatoms. The first kappa shape index (κ1) is 7.68. The van der Waals surface area contributed by atoms with Crippen molar-refractivity contribution in [3.05, 3.63) is 35.2 Å². The molecule has 0 spiro atoms. The van der Waals surface area contributed by atoms with Crippen molar-refractivity contribution < 1.29 is 0 Å². The second kappa shape index (κ2) is 2.83. The zero-order valence-electron chi connectivity index (χ0n) is 6.37. The molecule has 2 heterocycles. The first-order chi connectivity index (χ1) is 5.79. The van der Waals surface area contributed by atoms with Gasteiger partial charge >= 0.3 is 0 Å². The molecule has 0 fully saturated rings. The summed E-state index contributed by atoms with van der Waals surface area (Å²) in [4.78, 5) is 4.25. The molecule has 0 aromatic carbocycles. The lowest BCUT2D eigenvalue weighted by Gasteiger charge is -1.91. The van der Waals surface area contributed by atoms with Crippen LogP contribution in [0.3, 0.4) is 0 Å². The zero-order chi connectivity index (χ0) is 8.55. The molecule has 0 saturated carbocycles. The summed E-state index contributed by atoms with van der Waals surface area (Å²) in [5.41, 5.74) is 1.75. The van der Waals surface area contributed by atoms with E-state index in [2.05, 4.69) is 4.98 Å². The maximum atomic E-state index is 5.79. The summed E-state index contributed by atoms with van der Waals surface area (Å²) >= 11 is 5.79. The van der Waals surface area contributed by atoms with E-state index in [9.17, 15) is 0 Å². The Morgan fingerprint density at radius 1 is 1.42 bits per heavy atom. The Morgan fingerprint density at radius 3 is 3.00 bits per heavy atom. The normalized spacial score (nSPS) is 10.8. The van der Waals surface area contributed by atoms with Gasteiger partial charge in [-0.3, -0.25) is 0 Å². The Bertz CT molecular complexity index is 410. The van der Waals surface area contributed by atoms with Gasteiger partial charge in [-0.1, -0.05) is 11.6 Å². The van der Waals surface area contributed by atoms with E-state index >= 15 is 0 Å². The molecule has 0 bridgehead atoms. The predicted octanol–water partition coefficient (Wildman–Crippen LogP) is 1.66. The molecule has 2 radical (unpaired) electrons. The summed E-state index contributed by atoms with van der Waals surface area (Å²) in [5, 5.41) is 0.698. The topological polar surface area (TPSA) is 17.3 Å². The molecule has 2 nitrogen and oxygen atoms in total. The Labute approximate surface area is 76.6 Å². The molecule has 0 amide bonds. The molecule has 0 aliphatic heterocycles. The standard InChI is InChI=1S/C8H6BClN2/c9-3-7-5-12-4-6(10)1-2-8(12)11-7/h1-2,4-5H,3H2. The van der Waals surface area contributed by atoms with Gasteiger partial charge in [0.25, 0.3) is 0 Å². The summed E-state index contributed by atoms with van der Waals surface area (Å²) in [5.74, 6) is 0. The van der Waals surface area contributed by atoms with Gasteiger partial charge in [0.05, 0.1) is 18.6 Å². The van der Waals surface area contributed by atoms with Crippen molar-refractivity contribution in [3.8, 4) is 0 Å². The SMILES string of the molecule is [B]Cc1cn2cc(Cl)ccc2n1. The fourth-order valence-electron chi connectivity index (χ4n) is 1.12. The van der Waals surface area contributed by atoms with Crippen LogP contribution >= 0.6 is 11.6 Å². The number of hydrogen-bond acceptors (Lipinski definition) is 1. The molecule has 2 aromatic rings. The Hall–Kier alpha value is -0.955. The van der Waals surface area contributed by atoms with Crippen molar-refractivity contribution in [2.75, 3.05) is 0 Å². The molecule has 2 rings (SSSR count). The van der Waals surface area contributed by atoms with Crippen LogP contribution in [0.4, 0.5) is 0 Å². The number of pyridine rings is 1. The maximum Gasteiger partial charge on any atom is 0.137 e. The van der Waals surface area contributed by atoms with E-state index in [-0.39, 0.29) is 0 Å². The Morgan fingerprint density at radius 2 is 2.25 bits per heavy atom. The number of halogens is 1. The number of rotatable bonds is 1. The van der Waals surface area contributed by atoms with E-state index in [1.165, 1.54) is 0 Å². The molecular weight excluding hydrogens is 170 g/mol. The predicted molar refractivity (Wildman–Crippen MR) is 49.7 cm³/mol. The van der Waals surface area contributed by atoms with Crippen LogP contribution in [0.1, 0.15) is 5.69 Å². The van der Waals surface area contributed by atoms with Crippen molar-refractivity contribution in [1.82, 2.24) is 9.38 Å². The van der Waals surface area contributed by atoms with Crippen molar-refractivity contribution in [1.29, 1.82) is 0 Å². The number of fused-ring (bicyclic) bond motifs is 1. The lowest BCUT2D eigenvalue weighted by molar-refractivity contribution is 1.18. The van der Waals surface area contributed by atoms with Gasteiger partial charge in [-0.25, -0.2) is 4.98 Å². The summed E-state index contributed by atoms with van der Waals surface area (Å²) in [6.07, 6.45) is 4.14. The second-order valence-electron chi connectivity index (χ2n) is 2.55. The van der Waals surface area contributed by atoms with Gasteiger partial charge in [-0.2, -0.15) is 0 Å². The Balaban J connectivity index is 2.67. The molecule has 0 saturated heterocycles. The average molecular weight is 176 g/mol. The van der Waals surface area contributed by atoms with E-state index in [0.29, 0.717) is 11.3 Å². The van der Waals surface area contributed by atoms with Crippen LogP contribution in [-0.4, -0.2) is 17.2 Å². The van der Waals surface area contributed by atoms with Crippen LogP contribution in [0.5, 0.6) is 0 Å². The number of imidazole rings is 1. The number of aromatic nitrogens is 2. The van der Waals surface area contributed by atoms with Gasteiger partial charge < -0.3 is 4.40 Å². The minimum absolute atomic E-state index is 0.458. The molecule has 12 heavy (non-hydrogen) atoms. The first-order valence-electron chi connectivity index (χ1n) is 3.63. The second-order valence-corrected chi connectivity index (χ2v) is 2.99. The van der Waals surface area contributed by atoms with E-state index in [1.807, 2.05) is 28.9 Å². The van der Waals surface area contributed by atoms with E-state index < -0.39 is 0 Å². The summed E-state index contributed by atoms with van der Waals surface area (Å²) in [6.45, 7) is 0. The van der Waals surface area contributed by atoms with Crippen LogP contribution in [0, 0.1) is 0 Å². The van der Waals surface area contributed by atoms with Crippen LogP contribution in [0.25, 0.3) is 5.65 Å². The Kier molecular flexibility index (Phi) is 1.81. The average Bonchev–Trinajstić information content (AvgIpc) is 2.46. The highest BCUT2D eigenvalue weighted by molar-refractivity contribution is 6.30. The third-order valence-corrected chi connectivity index (χ3v) is 1.90. The fourth-order valence-corrected chi connectivity index (χ4v) is 1.28. The molecule has 0 atom stereocenters. The van der Waals surface area contributed by atoms with E-state index in [4.69, 9.17) is 19.4 Å². The van der Waals surface area contributed by atoms with Gasteiger partial charge in [-0.05, 0) is 18.5 Å². The summed E-state index contributed by atoms with van der Waals surface area (Å²) in [6, 6.07) is 3.67. The van der Waals surface area contributed by atoms with Crippen LogP contribution in [0.15, 0.2) is 24.5 Å². The van der Waals surface area contributed by atoms with Crippen LogP contribution < -0.4 is 0 Å². The fraction of sp³-hybridized carbons (Fsp3) is 0.125. The largest absolute Gasteiger partial charge is 0.305 e. The lowest BCUT2D eigenvalue weighted by Crippen LogP contribution is -1.80. The minimum atomic E-state index is 0.458. The molecule has 0 N–H and O–H groups in total. The quantitative estimate of drug-likeness (QED) is 0.604. The van der Waals surface area contributed by atoms with E-state index in [0.717, 1.165) is 11.3 Å². The third kappa shape index (κ3) is 1.20. The molecule has 0 aliphatic rings. The van der Waals surface area contributed by atoms with Crippen molar-refractivity contribution in [2.24, 2.45) is 0 Å². The smallest absolute Gasteiger partial charge is 0.137 e. The van der Waals surface area contributed by atoms with Gasteiger partial charge in [0.15, 0.2) is 0 Å². The summed E-state index contributed by atoms with van der Waals surface area (Å²) < 4.78 is 1.87.